The summed E-state index contributed by atoms with van der Waals surface area (Å²) in [4.78, 5) is -0.804. The first-order valence-corrected chi connectivity index (χ1v) is 6.67. The van der Waals surface area contributed by atoms with Crippen LogP contribution in [-0.4, -0.2) is 12.8 Å². The number of rotatable bonds is 4. The van der Waals surface area contributed by atoms with E-state index in [9.17, 15) is 13.2 Å². The molecule has 17 heavy (non-hydrogen) atoms. The van der Waals surface area contributed by atoms with Crippen molar-refractivity contribution in [2.45, 2.75) is 24.3 Å². The zero-order valence-corrected chi connectivity index (χ0v) is 12.2. The van der Waals surface area contributed by atoms with E-state index in [0.717, 1.165) is 4.47 Å². The fourth-order valence-electron chi connectivity index (χ4n) is 1.36. The molecule has 0 aliphatic heterocycles. The molecular formula is C11H11Br2F3O. The quantitative estimate of drug-likeness (QED) is 0.654. The predicted octanol–water partition coefficient (Wildman–Crippen LogP) is 5.24. The standard InChI is InChI=1S/C11H11Br2F3O/c1-2-17-10-4-3-7(12)5-8(10)9(13)6-11(14,15)16/h3-5,9H,2,6H2,1H3. The SMILES string of the molecule is CCOc1ccc(Br)cc1C(Br)CC(F)(F)F. The molecule has 0 radical (unpaired) electrons. The monoisotopic (exact) mass is 374 g/mol. The lowest BCUT2D eigenvalue weighted by Crippen LogP contribution is -2.11. The fourth-order valence-corrected chi connectivity index (χ4v) is 2.47. The van der Waals surface area contributed by atoms with E-state index in [1.54, 1.807) is 25.1 Å². The zero-order chi connectivity index (χ0) is 13.1. The van der Waals surface area contributed by atoms with E-state index in [0.29, 0.717) is 17.9 Å². The van der Waals surface area contributed by atoms with E-state index < -0.39 is 17.4 Å². The van der Waals surface area contributed by atoms with Gasteiger partial charge in [-0.15, -0.1) is 0 Å². The highest BCUT2D eigenvalue weighted by Crippen LogP contribution is 2.40. The lowest BCUT2D eigenvalue weighted by atomic mass is 10.1. The van der Waals surface area contributed by atoms with Crippen molar-refractivity contribution in [2.24, 2.45) is 0 Å². The van der Waals surface area contributed by atoms with Gasteiger partial charge in [0.2, 0.25) is 0 Å². The molecule has 1 rings (SSSR count). The Kier molecular flexibility index (Phi) is 5.31. The maximum absolute atomic E-state index is 12.3. The Hall–Kier alpha value is -0.230. The molecule has 0 fully saturated rings. The van der Waals surface area contributed by atoms with Gasteiger partial charge in [-0.1, -0.05) is 31.9 Å². The van der Waals surface area contributed by atoms with Crippen molar-refractivity contribution in [3.8, 4) is 5.75 Å². The summed E-state index contributed by atoms with van der Waals surface area (Å²) in [6.45, 7) is 2.21. The van der Waals surface area contributed by atoms with Crippen LogP contribution in [0.2, 0.25) is 0 Å². The molecule has 1 nitrogen and oxygen atoms in total. The second-order valence-electron chi connectivity index (χ2n) is 3.40. The fraction of sp³-hybridized carbons (Fsp3) is 0.455. The number of benzene rings is 1. The summed E-state index contributed by atoms with van der Waals surface area (Å²) >= 11 is 6.29. The summed E-state index contributed by atoms with van der Waals surface area (Å²) in [6, 6.07) is 5.03. The Morgan fingerprint density at radius 2 is 2.00 bits per heavy atom. The van der Waals surface area contributed by atoms with Crippen molar-refractivity contribution in [2.75, 3.05) is 6.61 Å². The molecular weight excluding hydrogens is 365 g/mol. The molecule has 0 aromatic heterocycles. The number of halogens is 5. The Balaban J connectivity index is 2.97. The minimum Gasteiger partial charge on any atom is -0.494 e. The van der Waals surface area contributed by atoms with E-state index in [-0.39, 0.29) is 0 Å². The van der Waals surface area contributed by atoms with Crippen molar-refractivity contribution in [1.82, 2.24) is 0 Å². The second kappa shape index (κ2) is 6.09. The molecule has 1 aromatic rings. The summed E-state index contributed by atoms with van der Waals surface area (Å²) < 4.78 is 43.0. The Labute approximate surface area is 115 Å². The maximum Gasteiger partial charge on any atom is 0.390 e. The van der Waals surface area contributed by atoms with Crippen LogP contribution in [-0.2, 0) is 0 Å². The van der Waals surface area contributed by atoms with Crippen LogP contribution >= 0.6 is 31.9 Å². The molecule has 0 saturated heterocycles. The smallest absolute Gasteiger partial charge is 0.390 e. The van der Waals surface area contributed by atoms with E-state index in [1.165, 1.54) is 0 Å². The molecule has 1 aromatic carbocycles. The van der Waals surface area contributed by atoms with Gasteiger partial charge in [-0.05, 0) is 25.1 Å². The van der Waals surface area contributed by atoms with Crippen molar-refractivity contribution < 1.29 is 17.9 Å². The van der Waals surface area contributed by atoms with Crippen molar-refractivity contribution in [3.63, 3.8) is 0 Å². The Morgan fingerprint density at radius 1 is 1.35 bits per heavy atom. The lowest BCUT2D eigenvalue weighted by molar-refractivity contribution is -0.134. The predicted molar refractivity (Wildman–Crippen MR) is 67.7 cm³/mol. The molecule has 0 bridgehead atoms. The first kappa shape index (κ1) is 14.8. The molecule has 0 amide bonds. The van der Waals surface area contributed by atoms with Gasteiger partial charge in [0, 0.05) is 10.0 Å². The van der Waals surface area contributed by atoms with Gasteiger partial charge in [-0.3, -0.25) is 0 Å². The van der Waals surface area contributed by atoms with Gasteiger partial charge >= 0.3 is 6.18 Å². The molecule has 6 heteroatoms. The van der Waals surface area contributed by atoms with Gasteiger partial charge in [-0.25, -0.2) is 0 Å². The highest BCUT2D eigenvalue weighted by molar-refractivity contribution is 9.10. The number of ether oxygens (including phenoxy) is 1. The van der Waals surface area contributed by atoms with Crippen LogP contribution in [0.5, 0.6) is 5.75 Å². The highest BCUT2D eigenvalue weighted by Gasteiger charge is 2.32. The van der Waals surface area contributed by atoms with Crippen LogP contribution in [0.25, 0.3) is 0 Å². The largest absolute Gasteiger partial charge is 0.494 e. The lowest BCUT2D eigenvalue weighted by Gasteiger charge is -2.17. The minimum atomic E-state index is -4.21. The van der Waals surface area contributed by atoms with Crippen molar-refractivity contribution in [1.29, 1.82) is 0 Å². The normalized spacial score (nSPS) is 13.5. The number of hydrogen-bond acceptors (Lipinski definition) is 1. The molecule has 0 aliphatic carbocycles. The average Bonchev–Trinajstić information content (AvgIpc) is 2.18. The third-order valence-corrected chi connectivity index (χ3v) is 3.33. The Bertz CT molecular complexity index is 379. The average molecular weight is 376 g/mol. The van der Waals surface area contributed by atoms with E-state index in [4.69, 9.17) is 4.74 Å². The topological polar surface area (TPSA) is 9.23 Å². The summed E-state index contributed by atoms with van der Waals surface area (Å²) in [5.41, 5.74) is 0.499. The van der Waals surface area contributed by atoms with Crippen LogP contribution in [0.4, 0.5) is 13.2 Å². The van der Waals surface area contributed by atoms with E-state index in [2.05, 4.69) is 31.9 Å². The summed E-state index contributed by atoms with van der Waals surface area (Å²) in [5, 5.41) is 0. The maximum atomic E-state index is 12.3. The van der Waals surface area contributed by atoms with Crippen LogP contribution in [0.15, 0.2) is 22.7 Å². The van der Waals surface area contributed by atoms with Crippen LogP contribution in [0.3, 0.4) is 0 Å². The summed E-state index contributed by atoms with van der Waals surface area (Å²) in [7, 11) is 0. The van der Waals surface area contributed by atoms with Crippen molar-refractivity contribution >= 4 is 31.9 Å². The highest BCUT2D eigenvalue weighted by atomic mass is 79.9. The van der Waals surface area contributed by atoms with Gasteiger partial charge in [0.1, 0.15) is 5.75 Å². The van der Waals surface area contributed by atoms with Gasteiger partial charge in [-0.2, -0.15) is 13.2 Å². The molecule has 0 saturated carbocycles. The zero-order valence-electron chi connectivity index (χ0n) is 9.02. The number of alkyl halides is 4. The number of hydrogen-bond donors (Lipinski definition) is 0. The molecule has 1 atom stereocenters. The third-order valence-electron chi connectivity index (χ3n) is 2.02. The third kappa shape index (κ3) is 4.87. The van der Waals surface area contributed by atoms with Gasteiger partial charge in [0.05, 0.1) is 17.9 Å². The van der Waals surface area contributed by atoms with Crippen LogP contribution in [0, 0.1) is 0 Å². The summed E-state index contributed by atoms with van der Waals surface area (Å²) in [6.07, 6.45) is -5.14. The van der Waals surface area contributed by atoms with Crippen molar-refractivity contribution in [3.05, 3.63) is 28.2 Å². The molecule has 0 N–H and O–H groups in total. The first-order chi connectivity index (χ1) is 7.83. The van der Waals surface area contributed by atoms with Gasteiger partial charge in [0.25, 0.3) is 0 Å². The molecule has 1 unspecified atom stereocenters. The van der Waals surface area contributed by atoms with Crippen LogP contribution in [0.1, 0.15) is 23.7 Å². The van der Waals surface area contributed by atoms with E-state index in [1.807, 2.05) is 0 Å². The molecule has 0 heterocycles. The summed E-state index contributed by atoms with van der Waals surface area (Å²) in [5.74, 6) is 0.474. The van der Waals surface area contributed by atoms with Crippen LogP contribution < -0.4 is 4.74 Å². The first-order valence-electron chi connectivity index (χ1n) is 4.96. The minimum absolute atomic E-state index is 0.417. The molecule has 0 spiro atoms. The van der Waals surface area contributed by atoms with Gasteiger partial charge < -0.3 is 4.74 Å². The van der Waals surface area contributed by atoms with Gasteiger partial charge in [0.15, 0.2) is 0 Å². The molecule has 96 valence electrons. The Morgan fingerprint density at radius 3 is 2.53 bits per heavy atom. The van der Waals surface area contributed by atoms with E-state index >= 15 is 0 Å². The second-order valence-corrected chi connectivity index (χ2v) is 5.42. The molecule has 0 aliphatic rings.